The molecule has 0 fully saturated rings. The topological polar surface area (TPSA) is 94.3 Å². The van der Waals surface area contributed by atoms with Crippen molar-refractivity contribution in [1.82, 2.24) is 4.37 Å². The number of carbonyl (C=O) groups is 2. The zero-order valence-corrected chi connectivity index (χ0v) is 12.7. The molecule has 1 aromatic carbocycles. The third-order valence-corrected chi connectivity index (χ3v) is 3.64. The highest BCUT2D eigenvalue weighted by Crippen LogP contribution is 2.22. The van der Waals surface area contributed by atoms with E-state index in [4.69, 9.17) is 10.5 Å². The predicted octanol–water partition coefficient (Wildman–Crippen LogP) is 2.36. The maximum Gasteiger partial charge on any atom is 0.343 e. The number of esters is 1. The molecule has 0 bridgehead atoms. The van der Waals surface area contributed by atoms with E-state index in [1.54, 1.807) is 13.0 Å². The van der Waals surface area contributed by atoms with Gasteiger partial charge in [-0.3, -0.25) is 4.79 Å². The van der Waals surface area contributed by atoms with Crippen molar-refractivity contribution in [2.24, 2.45) is 0 Å². The number of ether oxygens (including phenoxy) is 1. The van der Waals surface area contributed by atoms with Crippen molar-refractivity contribution in [3.63, 3.8) is 0 Å². The average Bonchev–Trinajstić information content (AvgIpc) is 2.80. The van der Waals surface area contributed by atoms with Crippen LogP contribution >= 0.6 is 11.5 Å². The standard InChI is InChI=1S/C14H14FN3O3S/c1-7-11(12(16)22-18-7)14(20)21-8(2)13(19)17-10-6-4-3-5-9(10)15/h3-6,8H,16H2,1-2H3,(H,17,19)/t8-/m0/s1. The third-order valence-electron chi connectivity index (χ3n) is 2.88. The lowest BCUT2D eigenvalue weighted by Gasteiger charge is -2.13. The highest BCUT2D eigenvalue weighted by atomic mass is 32.1. The Morgan fingerprint density at radius 3 is 2.68 bits per heavy atom. The smallest absolute Gasteiger partial charge is 0.343 e. The Morgan fingerprint density at radius 2 is 2.09 bits per heavy atom. The van der Waals surface area contributed by atoms with Crippen LogP contribution in [0.5, 0.6) is 0 Å². The summed E-state index contributed by atoms with van der Waals surface area (Å²) in [5.41, 5.74) is 6.25. The number of rotatable bonds is 4. The lowest BCUT2D eigenvalue weighted by Crippen LogP contribution is -2.30. The molecule has 2 aromatic rings. The van der Waals surface area contributed by atoms with Crippen LogP contribution in [0.2, 0.25) is 0 Å². The Bertz CT molecular complexity index is 698. The second kappa shape index (κ2) is 6.52. The first-order valence-electron chi connectivity index (χ1n) is 6.38. The number of para-hydroxylation sites is 1. The van der Waals surface area contributed by atoms with Crippen LogP contribution in [0.3, 0.4) is 0 Å². The molecule has 2 rings (SSSR count). The molecule has 1 amide bonds. The fourth-order valence-electron chi connectivity index (χ4n) is 1.71. The summed E-state index contributed by atoms with van der Waals surface area (Å²) in [4.78, 5) is 23.9. The molecule has 0 saturated heterocycles. The number of hydrogen-bond donors (Lipinski definition) is 2. The second-order valence-corrected chi connectivity index (χ2v) is 5.33. The fourth-order valence-corrected chi connectivity index (χ4v) is 2.35. The van der Waals surface area contributed by atoms with Crippen LogP contribution in [0.4, 0.5) is 15.1 Å². The summed E-state index contributed by atoms with van der Waals surface area (Å²) < 4.78 is 22.4. The number of aryl methyl sites for hydroxylation is 1. The molecule has 0 aliphatic rings. The second-order valence-electron chi connectivity index (χ2n) is 4.52. The monoisotopic (exact) mass is 323 g/mol. The molecule has 0 radical (unpaired) electrons. The lowest BCUT2D eigenvalue weighted by atomic mass is 10.2. The lowest BCUT2D eigenvalue weighted by molar-refractivity contribution is -0.123. The average molecular weight is 323 g/mol. The number of carbonyl (C=O) groups excluding carboxylic acids is 2. The number of halogens is 1. The highest BCUT2D eigenvalue weighted by Gasteiger charge is 2.24. The molecular formula is C14H14FN3O3S. The summed E-state index contributed by atoms with van der Waals surface area (Å²) in [7, 11) is 0. The maximum absolute atomic E-state index is 13.5. The van der Waals surface area contributed by atoms with Gasteiger partial charge in [0.2, 0.25) is 0 Å². The summed E-state index contributed by atoms with van der Waals surface area (Å²) in [6, 6.07) is 5.71. The van der Waals surface area contributed by atoms with Crippen molar-refractivity contribution < 1.29 is 18.7 Å². The molecule has 0 unspecified atom stereocenters. The summed E-state index contributed by atoms with van der Waals surface area (Å²) in [6.07, 6.45) is -1.11. The molecule has 1 heterocycles. The zero-order valence-electron chi connectivity index (χ0n) is 11.9. The van der Waals surface area contributed by atoms with Crippen LogP contribution < -0.4 is 11.1 Å². The van der Waals surface area contributed by atoms with Gasteiger partial charge in [-0.2, -0.15) is 4.37 Å². The Kier molecular flexibility index (Phi) is 4.71. The molecule has 3 N–H and O–H groups in total. The zero-order chi connectivity index (χ0) is 16.3. The van der Waals surface area contributed by atoms with Crippen molar-refractivity contribution in [3.8, 4) is 0 Å². The number of nitrogens with two attached hydrogens (primary N) is 1. The van der Waals surface area contributed by atoms with Gasteiger partial charge in [-0.15, -0.1) is 0 Å². The van der Waals surface area contributed by atoms with Crippen LogP contribution in [-0.4, -0.2) is 22.4 Å². The van der Waals surface area contributed by atoms with Gasteiger partial charge in [-0.25, -0.2) is 9.18 Å². The van der Waals surface area contributed by atoms with Crippen molar-refractivity contribution in [2.75, 3.05) is 11.1 Å². The van der Waals surface area contributed by atoms with Crippen LogP contribution in [-0.2, 0) is 9.53 Å². The highest BCUT2D eigenvalue weighted by molar-refractivity contribution is 7.10. The van der Waals surface area contributed by atoms with Gasteiger partial charge >= 0.3 is 5.97 Å². The molecule has 6 nitrogen and oxygen atoms in total. The number of nitrogen functional groups attached to an aromatic ring is 1. The molecule has 0 aliphatic carbocycles. The first-order valence-corrected chi connectivity index (χ1v) is 7.15. The Morgan fingerprint density at radius 1 is 1.41 bits per heavy atom. The SMILES string of the molecule is Cc1nsc(N)c1C(=O)O[C@@H](C)C(=O)Nc1ccccc1F. The number of aromatic nitrogens is 1. The van der Waals surface area contributed by atoms with Gasteiger partial charge in [0.1, 0.15) is 16.4 Å². The minimum absolute atomic E-state index is 0.0169. The molecule has 8 heteroatoms. The number of hydrogen-bond acceptors (Lipinski definition) is 6. The number of nitrogens with zero attached hydrogens (tertiary/aromatic N) is 1. The van der Waals surface area contributed by atoms with Crippen LogP contribution in [0.25, 0.3) is 0 Å². The summed E-state index contributed by atoms with van der Waals surface area (Å²) in [5, 5.41) is 2.58. The molecule has 0 aliphatic heterocycles. The van der Waals surface area contributed by atoms with Gasteiger partial charge in [0.05, 0.1) is 11.4 Å². The molecular weight excluding hydrogens is 309 g/mol. The van der Waals surface area contributed by atoms with E-state index in [1.807, 2.05) is 0 Å². The first-order chi connectivity index (χ1) is 10.4. The number of amides is 1. The fraction of sp³-hybridized carbons (Fsp3) is 0.214. The van der Waals surface area contributed by atoms with E-state index < -0.39 is 23.8 Å². The number of nitrogens with one attached hydrogen (secondary N) is 1. The Hall–Kier alpha value is -2.48. The van der Waals surface area contributed by atoms with E-state index in [0.29, 0.717) is 5.69 Å². The number of anilines is 2. The predicted molar refractivity (Wildman–Crippen MR) is 81.2 cm³/mol. The van der Waals surface area contributed by atoms with E-state index in [9.17, 15) is 14.0 Å². The summed E-state index contributed by atoms with van der Waals surface area (Å²) in [5.74, 6) is -1.95. The van der Waals surface area contributed by atoms with E-state index in [-0.39, 0.29) is 16.3 Å². The van der Waals surface area contributed by atoms with Gasteiger partial charge in [0.25, 0.3) is 5.91 Å². The normalized spacial score (nSPS) is 11.8. The van der Waals surface area contributed by atoms with E-state index in [1.165, 1.54) is 25.1 Å². The molecule has 116 valence electrons. The minimum atomic E-state index is -1.11. The molecule has 0 saturated carbocycles. The van der Waals surface area contributed by atoms with Crippen molar-refractivity contribution in [2.45, 2.75) is 20.0 Å². The summed E-state index contributed by atoms with van der Waals surface area (Å²) in [6.45, 7) is 3.01. The van der Waals surface area contributed by atoms with Gasteiger partial charge in [0.15, 0.2) is 6.10 Å². The van der Waals surface area contributed by atoms with Gasteiger partial charge in [-0.05, 0) is 37.5 Å². The maximum atomic E-state index is 13.5. The molecule has 1 atom stereocenters. The van der Waals surface area contributed by atoms with Crippen LogP contribution in [0.15, 0.2) is 24.3 Å². The Balaban J connectivity index is 2.03. The Labute approximate surface area is 130 Å². The third kappa shape index (κ3) is 3.40. The first kappa shape index (κ1) is 15.9. The van der Waals surface area contributed by atoms with Crippen molar-refractivity contribution in [1.29, 1.82) is 0 Å². The van der Waals surface area contributed by atoms with Crippen molar-refractivity contribution in [3.05, 3.63) is 41.3 Å². The van der Waals surface area contributed by atoms with Crippen LogP contribution in [0.1, 0.15) is 23.0 Å². The number of benzene rings is 1. The van der Waals surface area contributed by atoms with E-state index in [0.717, 1.165) is 11.5 Å². The van der Waals surface area contributed by atoms with Gasteiger partial charge < -0.3 is 15.8 Å². The molecule has 0 spiro atoms. The summed E-state index contributed by atoms with van der Waals surface area (Å²) >= 11 is 0.976. The van der Waals surface area contributed by atoms with Crippen molar-refractivity contribution >= 4 is 34.1 Å². The van der Waals surface area contributed by atoms with Gasteiger partial charge in [-0.1, -0.05) is 12.1 Å². The van der Waals surface area contributed by atoms with Gasteiger partial charge in [0, 0.05) is 0 Å². The van der Waals surface area contributed by atoms with E-state index >= 15 is 0 Å². The largest absolute Gasteiger partial charge is 0.449 e. The van der Waals surface area contributed by atoms with E-state index in [2.05, 4.69) is 9.69 Å². The quantitative estimate of drug-likeness (QED) is 0.842. The molecule has 22 heavy (non-hydrogen) atoms. The van der Waals surface area contributed by atoms with Crippen LogP contribution in [0, 0.1) is 12.7 Å². The minimum Gasteiger partial charge on any atom is -0.449 e. The molecule has 1 aromatic heterocycles.